The highest BCUT2D eigenvalue weighted by Gasteiger charge is 2.13. The Kier molecular flexibility index (Phi) is 6.73. The monoisotopic (exact) mass is 370 g/mol. The number of nitrogens with zero attached hydrogens (tertiary/aromatic N) is 2. The lowest BCUT2D eigenvalue weighted by Gasteiger charge is -2.14. The quantitative estimate of drug-likeness (QED) is 0.549. The highest BCUT2D eigenvalue weighted by Crippen LogP contribution is 2.32. The minimum atomic E-state index is 0.298. The van der Waals surface area contributed by atoms with Crippen LogP contribution in [0.25, 0.3) is 0 Å². The van der Waals surface area contributed by atoms with Crippen molar-refractivity contribution in [2.75, 3.05) is 27.0 Å². The Hall–Kier alpha value is -2.96. The minimum Gasteiger partial charge on any atom is -0.477 e. The molecular formula is C20H26N4O3. The van der Waals surface area contributed by atoms with Crippen LogP contribution in [0.2, 0.25) is 0 Å². The molecule has 0 saturated carbocycles. The van der Waals surface area contributed by atoms with E-state index in [1.165, 1.54) is 5.56 Å². The molecule has 0 atom stereocenters. The number of fused-ring (bicyclic) bond motifs is 1. The van der Waals surface area contributed by atoms with Crippen molar-refractivity contribution in [2.45, 2.75) is 26.3 Å². The number of hydrogen-bond acceptors (Lipinski definition) is 5. The zero-order chi connectivity index (χ0) is 18.9. The van der Waals surface area contributed by atoms with Gasteiger partial charge in [0.25, 0.3) is 0 Å². The zero-order valence-electron chi connectivity index (χ0n) is 15.8. The Bertz CT molecular complexity index is 780. The summed E-state index contributed by atoms with van der Waals surface area (Å²) < 4.78 is 16.5. The number of pyridine rings is 1. The Balaban J connectivity index is 1.47. The van der Waals surface area contributed by atoms with E-state index in [4.69, 9.17) is 14.2 Å². The Morgan fingerprint density at radius 3 is 2.96 bits per heavy atom. The van der Waals surface area contributed by atoms with Crippen LogP contribution in [0, 0.1) is 0 Å². The number of ether oxygens (including phenoxy) is 3. The van der Waals surface area contributed by atoms with Crippen molar-refractivity contribution in [3.8, 4) is 17.4 Å². The summed E-state index contributed by atoms with van der Waals surface area (Å²) >= 11 is 0. The first-order valence-corrected chi connectivity index (χ1v) is 9.20. The largest absolute Gasteiger partial charge is 0.477 e. The van der Waals surface area contributed by atoms with E-state index in [2.05, 4.69) is 33.6 Å². The topological polar surface area (TPSA) is 77.0 Å². The number of nitrogens with one attached hydrogen (secondary N) is 2. The summed E-state index contributed by atoms with van der Waals surface area (Å²) in [4.78, 5) is 8.58. The van der Waals surface area contributed by atoms with Gasteiger partial charge in [-0.3, -0.25) is 4.99 Å². The summed E-state index contributed by atoms with van der Waals surface area (Å²) in [5.74, 6) is 3.02. The van der Waals surface area contributed by atoms with Gasteiger partial charge in [0.05, 0.1) is 6.61 Å². The fourth-order valence-corrected chi connectivity index (χ4v) is 2.71. The zero-order valence-corrected chi connectivity index (χ0v) is 15.8. The van der Waals surface area contributed by atoms with E-state index >= 15 is 0 Å². The van der Waals surface area contributed by atoms with E-state index in [9.17, 15) is 0 Å². The second-order valence-electron chi connectivity index (χ2n) is 6.11. The second-order valence-corrected chi connectivity index (χ2v) is 6.11. The molecule has 0 saturated heterocycles. The molecule has 2 aromatic rings. The molecule has 0 aliphatic carbocycles. The average molecular weight is 370 g/mol. The number of aromatic nitrogens is 1. The minimum absolute atomic E-state index is 0.298. The van der Waals surface area contributed by atoms with Gasteiger partial charge in [0.2, 0.25) is 12.7 Å². The van der Waals surface area contributed by atoms with E-state index in [1.54, 1.807) is 13.2 Å². The van der Waals surface area contributed by atoms with Crippen molar-refractivity contribution >= 4 is 5.96 Å². The summed E-state index contributed by atoms with van der Waals surface area (Å²) in [6.45, 7) is 4.38. The maximum atomic E-state index is 5.69. The maximum absolute atomic E-state index is 5.69. The van der Waals surface area contributed by atoms with Gasteiger partial charge in [0, 0.05) is 31.9 Å². The molecule has 0 bridgehead atoms. The van der Waals surface area contributed by atoms with Crippen LogP contribution in [0.3, 0.4) is 0 Å². The van der Waals surface area contributed by atoms with Crippen molar-refractivity contribution in [1.82, 2.24) is 15.6 Å². The fourth-order valence-electron chi connectivity index (χ4n) is 2.71. The van der Waals surface area contributed by atoms with Crippen LogP contribution in [-0.2, 0) is 13.0 Å². The average Bonchev–Trinajstić information content (AvgIpc) is 3.17. The highest BCUT2D eigenvalue weighted by molar-refractivity contribution is 5.79. The van der Waals surface area contributed by atoms with E-state index in [-0.39, 0.29) is 0 Å². The van der Waals surface area contributed by atoms with Crippen LogP contribution < -0.4 is 24.8 Å². The molecular weight excluding hydrogens is 344 g/mol. The third-order valence-corrected chi connectivity index (χ3v) is 4.11. The normalized spacial score (nSPS) is 12.7. The molecule has 2 N–H and O–H groups in total. The standard InChI is InChI=1S/C20H26N4O3/c1-3-11-25-19-16(5-4-9-22-19)13-24-20(21-2)23-10-8-15-6-7-17-18(12-15)27-14-26-17/h4-7,9,12H,3,8,10-11,13-14H2,1-2H3,(H2,21,23,24). The fraction of sp³-hybridized carbons (Fsp3) is 0.400. The molecule has 0 radical (unpaired) electrons. The van der Waals surface area contributed by atoms with E-state index in [0.29, 0.717) is 25.8 Å². The lowest BCUT2D eigenvalue weighted by molar-refractivity contribution is 0.174. The van der Waals surface area contributed by atoms with Gasteiger partial charge in [-0.15, -0.1) is 0 Å². The summed E-state index contributed by atoms with van der Waals surface area (Å²) in [5.41, 5.74) is 2.19. The lowest BCUT2D eigenvalue weighted by atomic mass is 10.1. The molecule has 0 spiro atoms. The molecule has 1 aliphatic heterocycles. The number of guanidine groups is 1. The molecule has 0 fully saturated rings. The number of hydrogen-bond donors (Lipinski definition) is 2. The third kappa shape index (κ3) is 5.26. The molecule has 3 rings (SSSR count). The van der Waals surface area contributed by atoms with Crippen LogP contribution in [-0.4, -0.2) is 37.9 Å². The number of benzene rings is 1. The van der Waals surface area contributed by atoms with E-state index < -0.39 is 0 Å². The van der Waals surface area contributed by atoms with E-state index in [1.807, 2.05) is 24.3 Å². The molecule has 7 nitrogen and oxygen atoms in total. The third-order valence-electron chi connectivity index (χ3n) is 4.11. The summed E-state index contributed by atoms with van der Waals surface area (Å²) in [6.07, 6.45) is 3.55. The van der Waals surface area contributed by atoms with Crippen LogP contribution in [0.5, 0.6) is 17.4 Å². The van der Waals surface area contributed by atoms with Crippen LogP contribution in [0.15, 0.2) is 41.5 Å². The van der Waals surface area contributed by atoms with Gasteiger partial charge in [-0.1, -0.05) is 19.1 Å². The summed E-state index contributed by atoms with van der Waals surface area (Å²) in [5, 5.41) is 6.63. The van der Waals surface area contributed by atoms with Crippen molar-refractivity contribution in [1.29, 1.82) is 0 Å². The number of rotatable bonds is 8. The van der Waals surface area contributed by atoms with Gasteiger partial charge >= 0.3 is 0 Å². The number of aliphatic imine (C=N–C) groups is 1. The smallest absolute Gasteiger partial charge is 0.231 e. The summed E-state index contributed by atoms with van der Waals surface area (Å²) in [6, 6.07) is 9.94. The first-order chi connectivity index (χ1) is 13.3. The van der Waals surface area contributed by atoms with Gasteiger partial charge in [-0.05, 0) is 36.6 Å². The maximum Gasteiger partial charge on any atom is 0.231 e. The molecule has 0 amide bonds. The van der Waals surface area contributed by atoms with Crippen LogP contribution in [0.4, 0.5) is 0 Å². The van der Waals surface area contributed by atoms with Gasteiger partial charge < -0.3 is 24.8 Å². The molecule has 1 aliphatic rings. The molecule has 1 aromatic heterocycles. The predicted molar refractivity (Wildman–Crippen MR) is 104 cm³/mol. The SMILES string of the molecule is CCCOc1ncccc1CNC(=NC)NCCc1ccc2c(c1)OCO2. The van der Waals surface area contributed by atoms with Crippen LogP contribution >= 0.6 is 0 Å². The summed E-state index contributed by atoms with van der Waals surface area (Å²) in [7, 11) is 1.76. The van der Waals surface area contributed by atoms with Gasteiger partial charge in [-0.2, -0.15) is 0 Å². The molecule has 1 aromatic carbocycles. The molecule has 0 unspecified atom stereocenters. The Morgan fingerprint density at radius 1 is 1.22 bits per heavy atom. The Morgan fingerprint density at radius 2 is 2.11 bits per heavy atom. The molecule has 7 heteroatoms. The van der Waals surface area contributed by atoms with Gasteiger partial charge in [0.1, 0.15) is 0 Å². The first-order valence-electron chi connectivity index (χ1n) is 9.20. The molecule has 144 valence electrons. The molecule has 2 heterocycles. The lowest BCUT2D eigenvalue weighted by Crippen LogP contribution is -2.38. The van der Waals surface area contributed by atoms with Crippen molar-refractivity contribution < 1.29 is 14.2 Å². The Labute approximate surface area is 159 Å². The predicted octanol–water partition coefficient (Wildman–Crippen LogP) is 2.51. The van der Waals surface area contributed by atoms with Crippen LogP contribution in [0.1, 0.15) is 24.5 Å². The highest BCUT2D eigenvalue weighted by atomic mass is 16.7. The van der Waals surface area contributed by atoms with Crippen molar-refractivity contribution in [3.05, 3.63) is 47.7 Å². The second kappa shape index (κ2) is 9.66. The first kappa shape index (κ1) is 18.8. The van der Waals surface area contributed by atoms with Gasteiger partial charge in [0.15, 0.2) is 17.5 Å². The van der Waals surface area contributed by atoms with Crippen molar-refractivity contribution in [2.24, 2.45) is 4.99 Å². The molecule has 27 heavy (non-hydrogen) atoms. The van der Waals surface area contributed by atoms with Crippen molar-refractivity contribution in [3.63, 3.8) is 0 Å². The van der Waals surface area contributed by atoms with Gasteiger partial charge in [-0.25, -0.2) is 4.98 Å². The van der Waals surface area contributed by atoms with E-state index in [0.717, 1.165) is 42.4 Å².